The van der Waals surface area contributed by atoms with E-state index in [9.17, 15) is 5.11 Å². The molecular weight excluding hydrogens is 346 g/mol. The van der Waals surface area contributed by atoms with Gasteiger partial charge in [0.1, 0.15) is 10.9 Å². The molecule has 1 atom stereocenters. The number of nitrogens with zero attached hydrogens (tertiary/aromatic N) is 3. The average molecular weight is 368 g/mol. The van der Waals surface area contributed by atoms with E-state index in [-0.39, 0.29) is 0 Å². The van der Waals surface area contributed by atoms with Gasteiger partial charge in [0.25, 0.3) is 0 Å². The highest BCUT2D eigenvalue weighted by molar-refractivity contribution is 6.30. The maximum Gasteiger partial charge on any atom is 0.137 e. The van der Waals surface area contributed by atoms with E-state index in [4.69, 9.17) is 11.6 Å². The third kappa shape index (κ3) is 3.22. The van der Waals surface area contributed by atoms with E-state index >= 15 is 0 Å². The van der Waals surface area contributed by atoms with E-state index in [1.54, 1.807) is 12.1 Å². The number of aromatic hydroxyl groups is 1. The van der Waals surface area contributed by atoms with Crippen molar-refractivity contribution in [2.45, 2.75) is 32.4 Å². The number of hydrogen-bond acceptors (Lipinski definition) is 3. The van der Waals surface area contributed by atoms with E-state index in [0.717, 1.165) is 42.9 Å². The van der Waals surface area contributed by atoms with Crippen molar-refractivity contribution in [2.75, 3.05) is 6.54 Å². The van der Waals surface area contributed by atoms with Gasteiger partial charge in [-0.15, -0.1) is 0 Å². The van der Waals surface area contributed by atoms with Crippen LogP contribution in [0.5, 0.6) is 5.75 Å². The van der Waals surface area contributed by atoms with Crippen LogP contribution in [0.3, 0.4) is 0 Å². The molecule has 1 N–H and O–H groups in total. The molecule has 2 heterocycles. The number of phenols is 1. The Kier molecular flexibility index (Phi) is 4.70. The van der Waals surface area contributed by atoms with Crippen LogP contribution >= 0.6 is 11.6 Å². The molecule has 0 aliphatic carbocycles. The Morgan fingerprint density at radius 1 is 1.12 bits per heavy atom. The van der Waals surface area contributed by atoms with Crippen LogP contribution in [0.4, 0.5) is 0 Å². The Balaban J connectivity index is 1.61. The topological polar surface area (TPSA) is 41.3 Å². The number of phenolic OH excluding ortho intramolecular Hbond substituents is 1. The molecule has 1 aliphatic rings. The first-order valence-corrected chi connectivity index (χ1v) is 9.33. The number of likely N-dealkylation sites (tertiary alicyclic amines) is 1. The van der Waals surface area contributed by atoms with Gasteiger partial charge in [0.2, 0.25) is 0 Å². The Hall–Kier alpha value is -2.30. The second kappa shape index (κ2) is 7.14. The van der Waals surface area contributed by atoms with E-state index in [2.05, 4.69) is 10.00 Å². The van der Waals surface area contributed by atoms with Gasteiger partial charge in [-0.1, -0.05) is 41.9 Å². The summed E-state index contributed by atoms with van der Waals surface area (Å²) in [6.07, 6.45) is 2.28. The number of aromatic nitrogens is 2. The molecule has 0 spiro atoms. The Morgan fingerprint density at radius 3 is 2.58 bits per heavy atom. The minimum absolute atomic E-state index is 0.307. The highest BCUT2D eigenvalue weighted by Crippen LogP contribution is 2.35. The third-order valence-corrected chi connectivity index (χ3v) is 5.51. The normalized spacial score (nSPS) is 17.7. The molecule has 2 aromatic carbocycles. The number of benzene rings is 2. The quantitative estimate of drug-likeness (QED) is 0.714. The van der Waals surface area contributed by atoms with Gasteiger partial charge in [-0.2, -0.15) is 5.10 Å². The fourth-order valence-electron chi connectivity index (χ4n) is 3.74. The third-order valence-electron chi connectivity index (χ3n) is 5.13. The van der Waals surface area contributed by atoms with Gasteiger partial charge in [-0.05, 0) is 56.1 Å². The molecule has 1 fully saturated rings. The van der Waals surface area contributed by atoms with Crippen molar-refractivity contribution in [3.05, 3.63) is 76.6 Å². The molecule has 0 unspecified atom stereocenters. The molecule has 26 heavy (non-hydrogen) atoms. The Labute approximate surface area is 158 Å². The number of para-hydroxylation sites is 1. The summed E-state index contributed by atoms with van der Waals surface area (Å²) in [7, 11) is 0. The van der Waals surface area contributed by atoms with Crippen molar-refractivity contribution >= 4 is 11.6 Å². The summed E-state index contributed by atoms with van der Waals surface area (Å²) in [5.74, 6) is 0.307. The first kappa shape index (κ1) is 17.1. The van der Waals surface area contributed by atoms with Crippen LogP contribution in [0, 0.1) is 6.92 Å². The molecule has 1 saturated heterocycles. The Morgan fingerprint density at radius 2 is 1.85 bits per heavy atom. The Bertz CT molecular complexity index is 890. The minimum atomic E-state index is 0.307. The summed E-state index contributed by atoms with van der Waals surface area (Å²) in [5.41, 5.74) is 4.27. The molecule has 0 radical (unpaired) electrons. The summed E-state index contributed by atoms with van der Waals surface area (Å²) < 4.78 is 1.82. The largest absolute Gasteiger partial charge is 0.508 e. The second-order valence-electron chi connectivity index (χ2n) is 6.82. The fraction of sp³-hybridized carbons (Fsp3) is 0.286. The predicted octanol–water partition coefficient (Wildman–Crippen LogP) is 4.88. The second-order valence-corrected chi connectivity index (χ2v) is 7.18. The van der Waals surface area contributed by atoms with Crippen molar-refractivity contribution < 1.29 is 5.11 Å². The first-order valence-electron chi connectivity index (χ1n) is 8.96. The van der Waals surface area contributed by atoms with Crippen LogP contribution in [0.1, 0.15) is 35.7 Å². The van der Waals surface area contributed by atoms with E-state index in [1.807, 2.05) is 54.1 Å². The SMILES string of the molecule is Cc1nn(-c2ccccc2)c(Cl)c1CN1CCC[C@H]1c1ccc(O)cc1. The zero-order chi connectivity index (χ0) is 18.1. The minimum Gasteiger partial charge on any atom is -0.508 e. The lowest BCUT2D eigenvalue weighted by atomic mass is 10.0. The number of halogens is 1. The fourth-order valence-corrected chi connectivity index (χ4v) is 4.08. The average Bonchev–Trinajstić information content (AvgIpc) is 3.23. The maximum absolute atomic E-state index is 9.54. The van der Waals surface area contributed by atoms with E-state index in [1.165, 1.54) is 5.56 Å². The lowest BCUT2D eigenvalue weighted by Crippen LogP contribution is -2.23. The molecule has 3 aromatic rings. The molecule has 0 bridgehead atoms. The van der Waals surface area contributed by atoms with Gasteiger partial charge < -0.3 is 5.11 Å². The van der Waals surface area contributed by atoms with Crippen LogP contribution in [0.25, 0.3) is 5.69 Å². The summed E-state index contributed by atoms with van der Waals surface area (Å²) in [5, 5.41) is 14.9. The molecule has 134 valence electrons. The zero-order valence-corrected chi connectivity index (χ0v) is 15.5. The maximum atomic E-state index is 9.54. The van der Waals surface area contributed by atoms with Crippen molar-refractivity contribution in [1.29, 1.82) is 0 Å². The molecule has 0 saturated carbocycles. The smallest absolute Gasteiger partial charge is 0.137 e. The standard InChI is InChI=1S/C21H22ClN3O/c1-15-19(21(22)25(23-15)17-6-3-2-4-7-17)14-24-13-5-8-20(24)16-9-11-18(26)12-10-16/h2-4,6-7,9-12,20,26H,5,8,13-14H2,1H3/t20-/m0/s1. The highest BCUT2D eigenvalue weighted by atomic mass is 35.5. The van der Waals surface area contributed by atoms with Crippen molar-refractivity contribution in [2.24, 2.45) is 0 Å². The molecule has 1 aromatic heterocycles. The summed E-state index contributed by atoms with van der Waals surface area (Å²) in [4.78, 5) is 2.46. The molecule has 0 amide bonds. The van der Waals surface area contributed by atoms with Gasteiger partial charge >= 0.3 is 0 Å². The van der Waals surface area contributed by atoms with Crippen LogP contribution < -0.4 is 0 Å². The lowest BCUT2D eigenvalue weighted by molar-refractivity contribution is 0.248. The number of hydrogen-bond donors (Lipinski definition) is 1. The van der Waals surface area contributed by atoms with Gasteiger partial charge in [0.05, 0.1) is 11.4 Å². The van der Waals surface area contributed by atoms with E-state index in [0.29, 0.717) is 16.9 Å². The summed E-state index contributed by atoms with van der Waals surface area (Å²) in [6, 6.07) is 17.9. The van der Waals surface area contributed by atoms with Gasteiger partial charge in [-0.3, -0.25) is 4.90 Å². The van der Waals surface area contributed by atoms with Crippen LogP contribution in [-0.2, 0) is 6.54 Å². The summed E-state index contributed by atoms with van der Waals surface area (Å²) in [6.45, 7) is 3.84. The molecule has 4 rings (SSSR count). The number of aryl methyl sites for hydroxylation is 1. The lowest BCUT2D eigenvalue weighted by Gasteiger charge is -2.25. The highest BCUT2D eigenvalue weighted by Gasteiger charge is 2.28. The van der Waals surface area contributed by atoms with Crippen LogP contribution in [-0.4, -0.2) is 26.3 Å². The molecule has 1 aliphatic heterocycles. The van der Waals surface area contributed by atoms with E-state index < -0.39 is 0 Å². The monoisotopic (exact) mass is 367 g/mol. The number of rotatable bonds is 4. The molecule has 5 heteroatoms. The first-order chi connectivity index (χ1) is 12.6. The predicted molar refractivity (Wildman–Crippen MR) is 104 cm³/mol. The summed E-state index contributed by atoms with van der Waals surface area (Å²) >= 11 is 6.70. The van der Waals surface area contributed by atoms with Gasteiger partial charge in [0.15, 0.2) is 0 Å². The van der Waals surface area contributed by atoms with Crippen molar-refractivity contribution in [3.8, 4) is 11.4 Å². The van der Waals surface area contributed by atoms with Crippen molar-refractivity contribution in [3.63, 3.8) is 0 Å². The zero-order valence-electron chi connectivity index (χ0n) is 14.8. The van der Waals surface area contributed by atoms with Gasteiger partial charge in [-0.25, -0.2) is 4.68 Å². The van der Waals surface area contributed by atoms with Gasteiger partial charge in [0, 0.05) is 18.2 Å². The molecule has 4 nitrogen and oxygen atoms in total. The van der Waals surface area contributed by atoms with Crippen LogP contribution in [0.2, 0.25) is 5.15 Å². The van der Waals surface area contributed by atoms with Crippen molar-refractivity contribution in [1.82, 2.24) is 14.7 Å². The van der Waals surface area contributed by atoms with Crippen LogP contribution in [0.15, 0.2) is 54.6 Å². The molecular formula is C21H22ClN3O.